The van der Waals surface area contributed by atoms with Gasteiger partial charge < -0.3 is 9.57 Å². The lowest BCUT2D eigenvalue weighted by molar-refractivity contribution is -0.138. The second-order valence-electron chi connectivity index (χ2n) is 7.18. The second kappa shape index (κ2) is 9.66. The summed E-state index contributed by atoms with van der Waals surface area (Å²) in [6.45, 7) is 2.05. The number of anilines is 1. The summed E-state index contributed by atoms with van der Waals surface area (Å²) in [5.41, 5.74) is 0.846. The molecule has 172 valence electrons. The standard InChI is InChI=1S/C21H22ClF3N4O3/c1-14(26-32-11-16-6-4-5-7-17(16)21(23,24)25)15-8-9-18(22)19(10-15)28-12-27(2)13-29(28)20(30)31-3/h4-10H,11-13H2,1-3H3/b26-14+. The van der Waals surface area contributed by atoms with E-state index in [2.05, 4.69) is 5.16 Å². The van der Waals surface area contributed by atoms with Gasteiger partial charge in [0.25, 0.3) is 0 Å². The fourth-order valence-corrected chi connectivity index (χ4v) is 3.45. The van der Waals surface area contributed by atoms with Crippen LogP contribution in [0.3, 0.4) is 0 Å². The minimum Gasteiger partial charge on any atom is -0.451 e. The number of carbonyl (C=O) groups excluding carboxylic acids is 1. The fraction of sp³-hybridized carbons (Fsp3) is 0.333. The van der Waals surface area contributed by atoms with Crippen molar-refractivity contribution in [1.82, 2.24) is 9.91 Å². The summed E-state index contributed by atoms with van der Waals surface area (Å²) < 4.78 is 44.2. The normalized spacial score (nSPS) is 15.3. The molecular formula is C21H22ClF3N4O3. The molecule has 0 aromatic heterocycles. The van der Waals surface area contributed by atoms with E-state index < -0.39 is 17.8 Å². The Morgan fingerprint density at radius 2 is 1.91 bits per heavy atom. The first kappa shape index (κ1) is 23.7. The number of benzene rings is 2. The molecule has 0 radical (unpaired) electrons. The number of hydrogen-bond donors (Lipinski definition) is 0. The number of alkyl halides is 3. The van der Waals surface area contributed by atoms with Gasteiger partial charge in [0.05, 0.1) is 42.4 Å². The summed E-state index contributed by atoms with van der Waals surface area (Å²) >= 11 is 6.37. The molecule has 1 aliphatic heterocycles. The van der Waals surface area contributed by atoms with Crippen LogP contribution in [-0.4, -0.2) is 49.2 Å². The number of halogens is 4. The molecule has 1 heterocycles. The van der Waals surface area contributed by atoms with E-state index in [4.69, 9.17) is 21.2 Å². The maximum atomic E-state index is 13.1. The first-order valence-electron chi connectivity index (χ1n) is 9.55. The molecule has 0 atom stereocenters. The van der Waals surface area contributed by atoms with Gasteiger partial charge in [-0.15, -0.1) is 0 Å². The van der Waals surface area contributed by atoms with Crippen LogP contribution in [-0.2, 0) is 22.4 Å². The van der Waals surface area contributed by atoms with E-state index >= 15 is 0 Å². The minimum atomic E-state index is -4.47. The summed E-state index contributed by atoms with van der Waals surface area (Å²) in [6.07, 6.45) is -5.01. The predicted octanol–water partition coefficient (Wildman–Crippen LogP) is 4.95. The lowest BCUT2D eigenvalue weighted by atomic mass is 10.1. The van der Waals surface area contributed by atoms with Crippen molar-refractivity contribution in [3.63, 3.8) is 0 Å². The van der Waals surface area contributed by atoms with Gasteiger partial charge in [0, 0.05) is 11.1 Å². The topological polar surface area (TPSA) is 57.6 Å². The lowest BCUT2D eigenvalue weighted by Gasteiger charge is -2.28. The molecular weight excluding hydrogens is 449 g/mol. The highest BCUT2D eigenvalue weighted by atomic mass is 35.5. The van der Waals surface area contributed by atoms with Crippen LogP contribution >= 0.6 is 11.6 Å². The fourth-order valence-electron chi connectivity index (χ4n) is 3.23. The third-order valence-corrected chi connectivity index (χ3v) is 5.13. The third-order valence-electron chi connectivity index (χ3n) is 4.81. The Hall–Kier alpha value is -2.98. The predicted molar refractivity (Wildman–Crippen MR) is 114 cm³/mol. The van der Waals surface area contributed by atoms with Crippen molar-refractivity contribution in [3.05, 3.63) is 64.2 Å². The Morgan fingerprint density at radius 3 is 2.59 bits per heavy atom. The Morgan fingerprint density at radius 1 is 1.19 bits per heavy atom. The SMILES string of the molecule is COC(=O)N1CN(C)CN1c1cc(/C(C)=N/OCc2ccccc2C(F)(F)F)ccc1Cl. The number of carbonyl (C=O) groups is 1. The number of oxime groups is 1. The molecule has 0 unspecified atom stereocenters. The highest BCUT2D eigenvalue weighted by Gasteiger charge is 2.33. The van der Waals surface area contributed by atoms with Crippen LogP contribution in [0.2, 0.25) is 5.02 Å². The van der Waals surface area contributed by atoms with Gasteiger partial charge in [-0.2, -0.15) is 13.2 Å². The molecule has 1 amide bonds. The van der Waals surface area contributed by atoms with Crippen molar-refractivity contribution in [1.29, 1.82) is 0 Å². The van der Waals surface area contributed by atoms with Crippen LogP contribution in [0.15, 0.2) is 47.6 Å². The first-order chi connectivity index (χ1) is 15.1. The third kappa shape index (κ3) is 5.25. The zero-order valence-corrected chi connectivity index (χ0v) is 18.4. The zero-order chi connectivity index (χ0) is 23.5. The van der Waals surface area contributed by atoms with E-state index in [-0.39, 0.29) is 12.2 Å². The monoisotopic (exact) mass is 470 g/mol. The number of methoxy groups -OCH3 is 1. The van der Waals surface area contributed by atoms with E-state index in [9.17, 15) is 18.0 Å². The van der Waals surface area contributed by atoms with Crippen LogP contribution < -0.4 is 5.01 Å². The minimum absolute atomic E-state index is 0.0119. The second-order valence-corrected chi connectivity index (χ2v) is 7.59. The number of hydrazine groups is 1. The summed E-state index contributed by atoms with van der Waals surface area (Å²) in [5, 5.41) is 7.45. The largest absolute Gasteiger partial charge is 0.451 e. The van der Waals surface area contributed by atoms with Gasteiger partial charge in [-0.25, -0.2) is 9.80 Å². The molecule has 32 heavy (non-hydrogen) atoms. The van der Waals surface area contributed by atoms with Crippen LogP contribution in [0.5, 0.6) is 0 Å². The molecule has 0 N–H and O–H groups in total. The molecule has 0 bridgehead atoms. The van der Waals surface area contributed by atoms with Gasteiger partial charge in [0.2, 0.25) is 0 Å². The van der Waals surface area contributed by atoms with Gasteiger partial charge in [0.1, 0.15) is 6.61 Å². The van der Waals surface area contributed by atoms with Gasteiger partial charge in [0.15, 0.2) is 0 Å². The van der Waals surface area contributed by atoms with Crippen molar-refractivity contribution in [2.24, 2.45) is 5.16 Å². The molecule has 1 saturated heterocycles. The summed E-state index contributed by atoms with van der Waals surface area (Å²) in [7, 11) is 3.13. The van der Waals surface area contributed by atoms with Gasteiger partial charge in [-0.3, -0.25) is 9.91 Å². The molecule has 3 rings (SSSR count). The quantitative estimate of drug-likeness (QED) is 0.457. The van der Waals surface area contributed by atoms with Crippen molar-refractivity contribution in [2.45, 2.75) is 19.7 Å². The van der Waals surface area contributed by atoms with Crippen molar-refractivity contribution in [2.75, 3.05) is 32.5 Å². The van der Waals surface area contributed by atoms with Gasteiger partial charge in [-0.1, -0.05) is 41.0 Å². The molecule has 11 heteroatoms. The van der Waals surface area contributed by atoms with Gasteiger partial charge in [-0.05, 0) is 32.2 Å². The van der Waals surface area contributed by atoms with E-state index in [0.29, 0.717) is 35.3 Å². The molecule has 0 saturated carbocycles. The zero-order valence-electron chi connectivity index (χ0n) is 17.7. The van der Waals surface area contributed by atoms with E-state index in [1.54, 1.807) is 30.1 Å². The summed E-state index contributed by atoms with van der Waals surface area (Å²) in [5.74, 6) is 0. The molecule has 7 nitrogen and oxygen atoms in total. The first-order valence-corrected chi connectivity index (χ1v) is 9.92. The van der Waals surface area contributed by atoms with Crippen molar-refractivity contribution < 1.29 is 27.5 Å². The Kier molecular flexibility index (Phi) is 7.15. The number of amides is 1. The van der Waals surface area contributed by atoms with E-state index in [0.717, 1.165) is 6.07 Å². The van der Waals surface area contributed by atoms with Gasteiger partial charge >= 0.3 is 12.3 Å². The maximum absolute atomic E-state index is 13.1. The van der Waals surface area contributed by atoms with Crippen LogP contribution in [0, 0.1) is 0 Å². The number of rotatable bonds is 5. The molecule has 0 spiro atoms. The van der Waals surface area contributed by atoms with Crippen LogP contribution in [0.4, 0.5) is 23.7 Å². The van der Waals surface area contributed by atoms with E-state index in [1.165, 1.54) is 30.3 Å². The average molecular weight is 471 g/mol. The molecule has 1 aliphatic rings. The van der Waals surface area contributed by atoms with Crippen LogP contribution in [0.1, 0.15) is 23.6 Å². The number of nitrogens with zero attached hydrogens (tertiary/aromatic N) is 4. The van der Waals surface area contributed by atoms with E-state index in [1.807, 2.05) is 11.9 Å². The number of hydrogen-bond acceptors (Lipinski definition) is 6. The van der Waals surface area contributed by atoms with Crippen molar-refractivity contribution in [3.8, 4) is 0 Å². The highest BCUT2D eigenvalue weighted by Crippen LogP contribution is 2.33. The number of ether oxygens (including phenoxy) is 1. The highest BCUT2D eigenvalue weighted by molar-refractivity contribution is 6.33. The smallest absolute Gasteiger partial charge is 0.429 e. The molecule has 1 fully saturated rings. The summed E-state index contributed by atoms with van der Waals surface area (Å²) in [6, 6.07) is 10.3. The Balaban J connectivity index is 1.79. The maximum Gasteiger partial charge on any atom is 0.429 e. The average Bonchev–Trinajstić information content (AvgIpc) is 3.14. The summed E-state index contributed by atoms with van der Waals surface area (Å²) in [4.78, 5) is 19.2. The molecule has 2 aromatic rings. The van der Waals surface area contributed by atoms with Crippen molar-refractivity contribution >= 4 is 29.1 Å². The molecule has 0 aliphatic carbocycles. The molecule has 2 aromatic carbocycles. The Bertz CT molecular complexity index is 1020. The lowest BCUT2D eigenvalue weighted by Crippen LogP contribution is -2.41. The Labute approximate surface area is 188 Å². The van der Waals surface area contributed by atoms with Crippen LogP contribution in [0.25, 0.3) is 0 Å².